The summed E-state index contributed by atoms with van der Waals surface area (Å²) in [7, 11) is 0. The Morgan fingerprint density at radius 2 is 2.00 bits per heavy atom. The molecule has 1 aromatic rings. The lowest BCUT2D eigenvalue weighted by Crippen LogP contribution is -2.50. The molecule has 0 spiro atoms. The molecule has 0 aromatic carbocycles. The van der Waals surface area contributed by atoms with Crippen molar-refractivity contribution in [2.45, 2.75) is 6.92 Å². The van der Waals surface area contributed by atoms with Crippen molar-refractivity contribution in [2.75, 3.05) is 32.8 Å². The lowest BCUT2D eigenvalue weighted by Gasteiger charge is -2.33. The van der Waals surface area contributed by atoms with Gasteiger partial charge in [-0.3, -0.25) is 9.89 Å². The highest BCUT2D eigenvalue weighted by Gasteiger charge is 2.27. The zero-order valence-electron chi connectivity index (χ0n) is 10.6. The zero-order chi connectivity index (χ0) is 13.8. The molecule has 8 heteroatoms. The van der Waals surface area contributed by atoms with Crippen molar-refractivity contribution >= 4 is 34.6 Å². The van der Waals surface area contributed by atoms with Crippen LogP contribution in [0.5, 0.6) is 0 Å². The molecule has 104 valence electrons. The average molecular weight is 378 g/mol. The molecule has 1 aromatic heterocycles. The van der Waals surface area contributed by atoms with Gasteiger partial charge in [0.25, 0.3) is 5.91 Å². The van der Waals surface area contributed by atoms with Gasteiger partial charge >= 0.3 is 6.09 Å². The number of ether oxygens (including phenoxy) is 1. The number of H-pyrrole nitrogens is 1. The van der Waals surface area contributed by atoms with Crippen molar-refractivity contribution in [3.8, 4) is 0 Å². The second kappa shape index (κ2) is 6.22. The van der Waals surface area contributed by atoms with Crippen LogP contribution < -0.4 is 0 Å². The maximum absolute atomic E-state index is 12.2. The molecule has 2 rings (SSSR count). The number of carbonyl (C=O) groups is 2. The Morgan fingerprint density at radius 1 is 1.37 bits per heavy atom. The van der Waals surface area contributed by atoms with Crippen LogP contribution >= 0.6 is 22.6 Å². The Morgan fingerprint density at radius 3 is 2.53 bits per heavy atom. The molecule has 7 nitrogen and oxygen atoms in total. The van der Waals surface area contributed by atoms with Crippen molar-refractivity contribution in [2.24, 2.45) is 0 Å². The van der Waals surface area contributed by atoms with E-state index in [1.807, 2.05) is 0 Å². The second-order valence-corrected chi connectivity index (χ2v) is 5.23. The van der Waals surface area contributed by atoms with Gasteiger partial charge in [-0.1, -0.05) is 0 Å². The Hall–Kier alpha value is -1.32. The Balaban J connectivity index is 1.92. The van der Waals surface area contributed by atoms with Gasteiger partial charge in [0.15, 0.2) is 0 Å². The number of rotatable bonds is 2. The van der Waals surface area contributed by atoms with Crippen LogP contribution in [0, 0.1) is 3.57 Å². The lowest BCUT2D eigenvalue weighted by atomic mass is 10.3. The Bertz CT molecular complexity index is 468. The summed E-state index contributed by atoms with van der Waals surface area (Å²) in [4.78, 5) is 27.1. The molecule has 2 amide bonds. The van der Waals surface area contributed by atoms with Gasteiger partial charge in [-0.2, -0.15) is 5.10 Å². The summed E-state index contributed by atoms with van der Waals surface area (Å²) in [5.74, 6) is -0.0783. The number of carbonyl (C=O) groups excluding carboxylic acids is 2. The van der Waals surface area contributed by atoms with Crippen LogP contribution in [0.4, 0.5) is 4.79 Å². The van der Waals surface area contributed by atoms with Crippen LogP contribution in [0.15, 0.2) is 6.20 Å². The fraction of sp³-hybridized carbons (Fsp3) is 0.545. The molecule has 2 heterocycles. The normalized spacial score (nSPS) is 15.5. The van der Waals surface area contributed by atoms with Crippen molar-refractivity contribution in [3.63, 3.8) is 0 Å². The highest BCUT2D eigenvalue weighted by atomic mass is 127. The second-order valence-electron chi connectivity index (χ2n) is 4.07. The number of aromatic amines is 1. The van der Waals surface area contributed by atoms with Gasteiger partial charge in [-0.15, -0.1) is 0 Å². The van der Waals surface area contributed by atoms with E-state index in [0.29, 0.717) is 38.5 Å². The fourth-order valence-electron chi connectivity index (χ4n) is 1.89. The van der Waals surface area contributed by atoms with Crippen LogP contribution in [0.2, 0.25) is 0 Å². The topological polar surface area (TPSA) is 78.5 Å². The third-order valence-corrected chi connectivity index (χ3v) is 3.72. The standard InChI is InChI=1S/C11H15IN4O3/c1-2-19-11(18)16-5-3-15(4-6-16)10(17)9-8(12)7-13-14-9/h7H,2-6H2,1H3,(H,13,14). The van der Waals surface area contributed by atoms with Gasteiger partial charge in [0, 0.05) is 26.2 Å². The number of halogens is 1. The predicted molar refractivity (Wildman–Crippen MR) is 75.8 cm³/mol. The van der Waals surface area contributed by atoms with E-state index in [-0.39, 0.29) is 12.0 Å². The number of nitrogens with one attached hydrogen (secondary N) is 1. The number of piperazine rings is 1. The quantitative estimate of drug-likeness (QED) is 0.777. The number of nitrogens with zero attached hydrogens (tertiary/aromatic N) is 3. The molecule has 0 radical (unpaired) electrons. The predicted octanol–water partition coefficient (Wildman–Crippen LogP) is 0.929. The van der Waals surface area contributed by atoms with Gasteiger partial charge in [-0.05, 0) is 29.5 Å². The van der Waals surface area contributed by atoms with Gasteiger partial charge in [-0.25, -0.2) is 4.79 Å². The van der Waals surface area contributed by atoms with Crippen molar-refractivity contribution in [3.05, 3.63) is 15.5 Å². The van der Waals surface area contributed by atoms with Gasteiger partial charge in [0.05, 0.1) is 16.4 Å². The highest BCUT2D eigenvalue weighted by molar-refractivity contribution is 14.1. The summed E-state index contributed by atoms with van der Waals surface area (Å²) in [6.45, 7) is 4.15. The SMILES string of the molecule is CCOC(=O)N1CCN(C(=O)c2[nH]ncc2I)CC1. The summed E-state index contributed by atoms with van der Waals surface area (Å²) in [5, 5.41) is 6.54. The van der Waals surface area contributed by atoms with E-state index in [0.717, 1.165) is 3.57 Å². The zero-order valence-corrected chi connectivity index (χ0v) is 12.7. The number of aromatic nitrogens is 2. The summed E-state index contributed by atoms with van der Waals surface area (Å²) >= 11 is 2.07. The van der Waals surface area contributed by atoms with Crippen LogP contribution in [0.25, 0.3) is 0 Å². The van der Waals surface area contributed by atoms with Crippen LogP contribution in [-0.2, 0) is 4.74 Å². The van der Waals surface area contributed by atoms with Crippen LogP contribution in [-0.4, -0.2) is 64.8 Å². The molecule has 0 aliphatic carbocycles. The first kappa shape index (κ1) is 14.1. The molecule has 0 bridgehead atoms. The average Bonchev–Trinajstić information content (AvgIpc) is 2.84. The molecule has 0 saturated carbocycles. The molecule has 1 fully saturated rings. The Labute approximate surface area is 124 Å². The molecule has 1 saturated heterocycles. The van der Waals surface area contributed by atoms with E-state index in [2.05, 4.69) is 32.8 Å². The summed E-state index contributed by atoms with van der Waals surface area (Å²) in [5.41, 5.74) is 0.505. The highest BCUT2D eigenvalue weighted by Crippen LogP contribution is 2.13. The summed E-state index contributed by atoms with van der Waals surface area (Å²) < 4.78 is 5.74. The minimum atomic E-state index is -0.314. The molecule has 0 atom stereocenters. The first-order chi connectivity index (χ1) is 9.13. The Kier molecular flexibility index (Phi) is 4.61. The number of hydrogen-bond acceptors (Lipinski definition) is 4. The lowest BCUT2D eigenvalue weighted by molar-refractivity contribution is 0.0565. The first-order valence-electron chi connectivity index (χ1n) is 6.03. The van der Waals surface area contributed by atoms with Crippen LogP contribution in [0.3, 0.4) is 0 Å². The minimum absolute atomic E-state index is 0.0783. The van der Waals surface area contributed by atoms with Gasteiger partial charge < -0.3 is 14.5 Å². The number of amides is 2. The largest absolute Gasteiger partial charge is 0.450 e. The van der Waals surface area contributed by atoms with E-state index < -0.39 is 0 Å². The van der Waals surface area contributed by atoms with Crippen molar-refractivity contribution < 1.29 is 14.3 Å². The van der Waals surface area contributed by atoms with E-state index in [9.17, 15) is 9.59 Å². The maximum Gasteiger partial charge on any atom is 0.409 e. The molecule has 1 aliphatic heterocycles. The third kappa shape index (κ3) is 3.17. The minimum Gasteiger partial charge on any atom is -0.450 e. The third-order valence-electron chi connectivity index (χ3n) is 2.90. The molecule has 0 unspecified atom stereocenters. The van der Waals surface area contributed by atoms with Gasteiger partial charge in [0.1, 0.15) is 5.69 Å². The molecular weight excluding hydrogens is 363 g/mol. The maximum atomic E-state index is 12.2. The summed E-state index contributed by atoms with van der Waals surface area (Å²) in [6.07, 6.45) is 1.30. The molecule has 1 aliphatic rings. The summed E-state index contributed by atoms with van der Waals surface area (Å²) in [6, 6.07) is 0. The first-order valence-corrected chi connectivity index (χ1v) is 7.11. The molecule has 19 heavy (non-hydrogen) atoms. The van der Waals surface area contributed by atoms with Gasteiger partial charge in [0.2, 0.25) is 0 Å². The monoisotopic (exact) mass is 378 g/mol. The van der Waals surface area contributed by atoms with Crippen LogP contribution in [0.1, 0.15) is 17.4 Å². The van der Waals surface area contributed by atoms with E-state index >= 15 is 0 Å². The molecule has 1 N–H and O–H groups in total. The van der Waals surface area contributed by atoms with E-state index in [1.54, 1.807) is 22.9 Å². The van der Waals surface area contributed by atoms with Crippen molar-refractivity contribution in [1.29, 1.82) is 0 Å². The van der Waals surface area contributed by atoms with E-state index in [1.165, 1.54) is 0 Å². The van der Waals surface area contributed by atoms with E-state index in [4.69, 9.17) is 4.74 Å². The van der Waals surface area contributed by atoms with Crippen molar-refractivity contribution in [1.82, 2.24) is 20.0 Å². The molecular formula is C11H15IN4O3. The fourth-order valence-corrected chi connectivity index (χ4v) is 2.38. The number of hydrogen-bond donors (Lipinski definition) is 1. The smallest absolute Gasteiger partial charge is 0.409 e.